The highest BCUT2D eigenvalue weighted by molar-refractivity contribution is 5.87. The Balaban J connectivity index is 1.64. The minimum atomic E-state index is -0.504. The minimum Gasteiger partial charge on any atom is -0.478 e. The molecule has 6 heteroatoms. The number of esters is 1. The fourth-order valence-corrected chi connectivity index (χ4v) is 3.70. The molecular weight excluding hydrogens is 370 g/mol. The fraction of sp³-hybridized carbons (Fsp3) is 0.304. The molecule has 3 aromatic rings. The Morgan fingerprint density at radius 2 is 1.97 bits per heavy atom. The van der Waals surface area contributed by atoms with Gasteiger partial charge in [0.15, 0.2) is 0 Å². The Hall–Kier alpha value is -3.12. The van der Waals surface area contributed by atoms with Gasteiger partial charge in [0.05, 0.1) is 24.7 Å². The van der Waals surface area contributed by atoms with E-state index < -0.39 is 11.6 Å². The third-order valence-corrected chi connectivity index (χ3v) is 5.41. The number of rotatable bonds is 5. The van der Waals surface area contributed by atoms with E-state index in [0.29, 0.717) is 24.4 Å². The lowest BCUT2D eigenvalue weighted by Gasteiger charge is -2.29. The van der Waals surface area contributed by atoms with Crippen LogP contribution in [0.15, 0.2) is 51.7 Å². The van der Waals surface area contributed by atoms with Crippen molar-refractivity contribution in [1.82, 2.24) is 4.90 Å². The molecule has 150 valence electrons. The zero-order valence-electron chi connectivity index (χ0n) is 16.6. The first-order chi connectivity index (χ1) is 14.1. The van der Waals surface area contributed by atoms with Crippen LogP contribution in [0, 0.1) is 6.92 Å². The highest BCUT2D eigenvalue weighted by atomic mass is 16.5. The first-order valence-corrected chi connectivity index (χ1v) is 9.61. The number of ether oxygens (including phenoxy) is 2. The van der Waals surface area contributed by atoms with Gasteiger partial charge in [-0.05, 0) is 36.6 Å². The summed E-state index contributed by atoms with van der Waals surface area (Å²) in [7, 11) is 1.30. The van der Waals surface area contributed by atoms with Crippen LogP contribution in [-0.2, 0) is 28.9 Å². The predicted octanol–water partition coefficient (Wildman–Crippen LogP) is 3.21. The molecule has 1 aliphatic heterocycles. The summed E-state index contributed by atoms with van der Waals surface area (Å²) in [6.45, 7) is 3.80. The zero-order chi connectivity index (χ0) is 20.4. The Morgan fingerprint density at radius 3 is 2.72 bits per heavy atom. The van der Waals surface area contributed by atoms with Crippen LogP contribution in [0.3, 0.4) is 0 Å². The van der Waals surface area contributed by atoms with E-state index in [4.69, 9.17) is 13.9 Å². The number of carbonyl (C=O) groups excluding carboxylic acids is 1. The first kappa shape index (κ1) is 19.2. The van der Waals surface area contributed by atoms with Crippen molar-refractivity contribution in [3.05, 3.63) is 75.1 Å². The SMILES string of the molecule is COC(=O)Cc1c(C)c2ccc3c(c2oc1=O)CN(CCc1ccccc1)CO3. The number of carbonyl (C=O) groups is 1. The van der Waals surface area contributed by atoms with Crippen molar-refractivity contribution < 1.29 is 18.7 Å². The molecular formula is C23H23NO5. The lowest BCUT2D eigenvalue weighted by molar-refractivity contribution is -0.139. The van der Waals surface area contributed by atoms with E-state index >= 15 is 0 Å². The molecule has 2 heterocycles. The molecule has 1 aliphatic rings. The largest absolute Gasteiger partial charge is 0.478 e. The number of fused-ring (bicyclic) bond motifs is 3. The van der Waals surface area contributed by atoms with Gasteiger partial charge >= 0.3 is 11.6 Å². The van der Waals surface area contributed by atoms with Crippen LogP contribution in [-0.4, -0.2) is 31.3 Å². The molecule has 0 saturated carbocycles. The second-order valence-electron chi connectivity index (χ2n) is 7.23. The number of aryl methyl sites for hydroxylation is 1. The van der Waals surface area contributed by atoms with Crippen molar-refractivity contribution >= 4 is 16.9 Å². The maximum absolute atomic E-state index is 12.6. The average molecular weight is 393 g/mol. The van der Waals surface area contributed by atoms with Crippen LogP contribution in [0.1, 0.15) is 22.3 Å². The van der Waals surface area contributed by atoms with E-state index in [-0.39, 0.29) is 6.42 Å². The predicted molar refractivity (Wildman–Crippen MR) is 109 cm³/mol. The fourth-order valence-electron chi connectivity index (χ4n) is 3.70. The normalized spacial score (nSPS) is 13.7. The lowest BCUT2D eigenvalue weighted by Crippen LogP contribution is -2.33. The highest BCUT2D eigenvalue weighted by Gasteiger charge is 2.24. The van der Waals surface area contributed by atoms with Gasteiger partial charge < -0.3 is 13.9 Å². The molecule has 0 unspecified atom stereocenters. The standard InChI is InChI=1S/C23H23NO5/c1-15-17-8-9-20-19(22(17)29-23(26)18(15)12-21(25)27-2)13-24(14-28-20)11-10-16-6-4-3-5-7-16/h3-9H,10-14H2,1-2H3. The highest BCUT2D eigenvalue weighted by Crippen LogP contribution is 2.33. The Labute approximate surface area is 168 Å². The summed E-state index contributed by atoms with van der Waals surface area (Å²) >= 11 is 0. The van der Waals surface area contributed by atoms with Crippen LogP contribution >= 0.6 is 0 Å². The lowest BCUT2D eigenvalue weighted by atomic mass is 10.00. The van der Waals surface area contributed by atoms with E-state index in [1.54, 1.807) is 0 Å². The second kappa shape index (κ2) is 8.09. The summed E-state index contributed by atoms with van der Waals surface area (Å²) in [5.74, 6) is 0.268. The molecule has 1 aromatic heterocycles. The molecule has 0 spiro atoms. The van der Waals surface area contributed by atoms with E-state index in [0.717, 1.165) is 35.2 Å². The van der Waals surface area contributed by atoms with Crippen LogP contribution in [0.4, 0.5) is 0 Å². The summed E-state index contributed by atoms with van der Waals surface area (Å²) in [5.41, 5.74) is 3.24. The molecule has 0 amide bonds. The Kier molecular flexibility index (Phi) is 5.36. The van der Waals surface area contributed by atoms with Crippen molar-refractivity contribution in [3.8, 4) is 5.75 Å². The van der Waals surface area contributed by atoms with Gasteiger partial charge in [0.2, 0.25) is 0 Å². The molecule has 29 heavy (non-hydrogen) atoms. The smallest absolute Gasteiger partial charge is 0.340 e. The minimum absolute atomic E-state index is 0.0998. The third-order valence-electron chi connectivity index (χ3n) is 5.41. The van der Waals surface area contributed by atoms with E-state index in [1.165, 1.54) is 12.7 Å². The monoisotopic (exact) mass is 393 g/mol. The summed E-state index contributed by atoms with van der Waals surface area (Å²) in [4.78, 5) is 26.4. The van der Waals surface area contributed by atoms with Crippen LogP contribution < -0.4 is 10.4 Å². The third kappa shape index (κ3) is 3.89. The quantitative estimate of drug-likeness (QED) is 0.490. The molecule has 0 saturated heterocycles. The number of hydrogen-bond acceptors (Lipinski definition) is 6. The van der Waals surface area contributed by atoms with Gasteiger partial charge in [-0.3, -0.25) is 9.69 Å². The number of hydrogen-bond donors (Lipinski definition) is 0. The van der Waals surface area contributed by atoms with Crippen molar-refractivity contribution in [1.29, 1.82) is 0 Å². The Morgan fingerprint density at radius 1 is 1.17 bits per heavy atom. The molecule has 6 nitrogen and oxygen atoms in total. The van der Waals surface area contributed by atoms with Crippen molar-refractivity contribution in [3.63, 3.8) is 0 Å². The molecule has 0 N–H and O–H groups in total. The molecule has 0 radical (unpaired) electrons. The second-order valence-corrected chi connectivity index (χ2v) is 7.23. The summed E-state index contributed by atoms with van der Waals surface area (Å²) < 4.78 is 16.3. The van der Waals surface area contributed by atoms with Gasteiger partial charge in [0.25, 0.3) is 0 Å². The molecule has 4 rings (SSSR count). The van der Waals surface area contributed by atoms with Gasteiger partial charge in [0.1, 0.15) is 18.1 Å². The number of nitrogens with zero attached hydrogens (tertiary/aromatic N) is 1. The number of benzene rings is 2. The van der Waals surface area contributed by atoms with Gasteiger partial charge in [-0.25, -0.2) is 4.79 Å². The summed E-state index contributed by atoms with van der Waals surface area (Å²) in [6.07, 6.45) is 0.813. The van der Waals surface area contributed by atoms with E-state index in [9.17, 15) is 9.59 Å². The molecule has 2 aromatic carbocycles. The van der Waals surface area contributed by atoms with Crippen LogP contribution in [0.2, 0.25) is 0 Å². The van der Waals surface area contributed by atoms with Gasteiger partial charge in [0, 0.05) is 18.5 Å². The van der Waals surface area contributed by atoms with Gasteiger partial charge in [-0.2, -0.15) is 0 Å². The molecule has 0 bridgehead atoms. The van der Waals surface area contributed by atoms with E-state index in [1.807, 2.05) is 37.3 Å². The zero-order valence-corrected chi connectivity index (χ0v) is 16.6. The molecule has 0 fully saturated rings. The van der Waals surface area contributed by atoms with E-state index in [2.05, 4.69) is 17.0 Å². The van der Waals surface area contributed by atoms with Crippen LogP contribution in [0.25, 0.3) is 11.0 Å². The maximum Gasteiger partial charge on any atom is 0.340 e. The summed E-state index contributed by atoms with van der Waals surface area (Å²) in [5, 5.41) is 0.816. The first-order valence-electron chi connectivity index (χ1n) is 9.61. The average Bonchev–Trinajstić information content (AvgIpc) is 2.75. The van der Waals surface area contributed by atoms with Gasteiger partial charge in [-0.1, -0.05) is 30.3 Å². The van der Waals surface area contributed by atoms with Crippen molar-refractivity contribution in [2.75, 3.05) is 20.4 Å². The molecule has 0 aliphatic carbocycles. The van der Waals surface area contributed by atoms with Crippen LogP contribution in [0.5, 0.6) is 5.75 Å². The van der Waals surface area contributed by atoms with Crippen molar-refractivity contribution in [2.24, 2.45) is 0 Å². The number of methoxy groups -OCH3 is 1. The molecule has 0 atom stereocenters. The van der Waals surface area contributed by atoms with Gasteiger partial charge in [-0.15, -0.1) is 0 Å². The summed E-state index contributed by atoms with van der Waals surface area (Å²) in [6, 6.07) is 14.1. The maximum atomic E-state index is 12.6. The topological polar surface area (TPSA) is 69.0 Å². The van der Waals surface area contributed by atoms with Crippen molar-refractivity contribution in [2.45, 2.75) is 26.3 Å². The Bertz CT molecular complexity index is 1100.